The molecule has 10 heteroatoms. The second-order valence-electron chi connectivity index (χ2n) is 4.78. The predicted octanol–water partition coefficient (Wildman–Crippen LogP) is 4.35. The Hall–Kier alpha value is -1.80. The van der Waals surface area contributed by atoms with Crippen LogP contribution in [0.4, 0.5) is 5.82 Å². The van der Waals surface area contributed by atoms with Crippen molar-refractivity contribution in [1.29, 1.82) is 0 Å². The van der Waals surface area contributed by atoms with Gasteiger partial charge in [-0.2, -0.15) is 0 Å². The number of rotatable bonds is 5. The Bertz CT molecular complexity index is 918. The highest BCUT2D eigenvalue weighted by molar-refractivity contribution is 7.99. The number of carbonyl (C=O) groups is 1. The van der Waals surface area contributed by atoms with Gasteiger partial charge in [0.15, 0.2) is 11.0 Å². The highest BCUT2D eigenvalue weighted by Gasteiger charge is 2.12. The number of nitrogens with one attached hydrogen (secondary N) is 1. The zero-order valence-electron chi connectivity index (χ0n) is 12.5. The molecule has 0 unspecified atom stereocenters. The number of benzene rings is 1. The summed E-state index contributed by atoms with van der Waals surface area (Å²) in [7, 11) is 0. The van der Waals surface area contributed by atoms with Crippen LogP contribution in [0.3, 0.4) is 0 Å². The molecule has 1 amide bonds. The highest BCUT2D eigenvalue weighted by Crippen LogP contribution is 2.24. The van der Waals surface area contributed by atoms with Gasteiger partial charge in [-0.15, -0.1) is 10.2 Å². The summed E-state index contributed by atoms with van der Waals surface area (Å²) >= 11 is 19.0. The molecule has 6 nitrogen and oxygen atoms in total. The van der Waals surface area contributed by atoms with Crippen molar-refractivity contribution >= 4 is 58.3 Å². The van der Waals surface area contributed by atoms with Crippen molar-refractivity contribution in [2.24, 2.45) is 0 Å². The summed E-state index contributed by atoms with van der Waals surface area (Å²) in [6.07, 6.45) is 2.97. The van der Waals surface area contributed by atoms with E-state index in [1.54, 1.807) is 23.0 Å². The molecule has 1 aromatic carbocycles. The molecule has 0 aliphatic carbocycles. The number of halogens is 3. The maximum absolute atomic E-state index is 12.1. The lowest BCUT2D eigenvalue weighted by Crippen LogP contribution is -2.15. The standard InChI is InChI=1S/C15H10Cl3N5OS/c16-9-2-1-3-11(4-9)23-8-20-22-15(23)25-7-13(24)21-14-12(18)5-10(17)6-19-14/h1-6,8H,7H2,(H,19,21,24). The lowest BCUT2D eigenvalue weighted by atomic mass is 10.3. The third kappa shape index (κ3) is 4.64. The fourth-order valence-electron chi connectivity index (χ4n) is 1.93. The van der Waals surface area contributed by atoms with E-state index >= 15 is 0 Å². The zero-order chi connectivity index (χ0) is 17.8. The highest BCUT2D eigenvalue weighted by atomic mass is 35.5. The van der Waals surface area contributed by atoms with Gasteiger partial charge in [-0.25, -0.2) is 4.98 Å². The van der Waals surface area contributed by atoms with Crippen molar-refractivity contribution < 1.29 is 4.79 Å². The monoisotopic (exact) mass is 413 g/mol. The molecule has 2 aromatic heterocycles. The van der Waals surface area contributed by atoms with Gasteiger partial charge in [0.1, 0.15) is 6.33 Å². The maximum Gasteiger partial charge on any atom is 0.236 e. The first-order valence-electron chi connectivity index (χ1n) is 6.92. The summed E-state index contributed by atoms with van der Waals surface area (Å²) in [4.78, 5) is 16.1. The summed E-state index contributed by atoms with van der Waals surface area (Å²) in [6.45, 7) is 0. The minimum Gasteiger partial charge on any atom is -0.309 e. The van der Waals surface area contributed by atoms with Gasteiger partial charge in [-0.3, -0.25) is 9.36 Å². The molecule has 0 atom stereocenters. The quantitative estimate of drug-likeness (QED) is 0.628. The second-order valence-corrected chi connectivity index (χ2v) is 7.01. The van der Waals surface area contributed by atoms with Gasteiger partial charge in [0.25, 0.3) is 0 Å². The van der Waals surface area contributed by atoms with Crippen LogP contribution < -0.4 is 5.32 Å². The first kappa shape index (κ1) is 18.0. The van der Waals surface area contributed by atoms with Crippen LogP contribution in [0.5, 0.6) is 0 Å². The Morgan fingerprint density at radius 3 is 2.80 bits per heavy atom. The van der Waals surface area contributed by atoms with Crippen LogP contribution in [0.2, 0.25) is 15.1 Å². The summed E-state index contributed by atoms with van der Waals surface area (Å²) in [6, 6.07) is 8.77. The normalized spacial score (nSPS) is 10.7. The summed E-state index contributed by atoms with van der Waals surface area (Å²) in [5.74, 6) is 0.0928. The smallest absolute Gasteiger partial charge is 0.236 e. The van der Waals surface area contributed by atoms with Crippen molar-refractivity contribution in [3.05, 3.63) is 57.9 Å². The van der Waals surface area contributed by atoms with Gasteiger partial charge in [0.2, 0.25) is 5.91 Å². The van der Waals surface area contributed by atoms with E-state index in [9.17, 15) is 4.79 Å². The van der Waals surface area contributed by atoms with Crippen LogP contribution in [0.1, 0.15) is 0 Å². The van der Waals surface area contributed by atoms with Crippen molar-refractivity contribution in [2.45, 2.75) is 5.16 Å². The van der Waals surface area contributed by atoms with Gasteiger partial charge in [-0.1, -0.05) is 52.6 Å². The summed E-state index contributed by atoms with van der Waals surface area (Å²) < 4.78 is 1.75. The Morgan fingerprint density at radius 2 is 2.04 bits per heavy atom. The van der Waals surface area contributed by atoms with Gasteiger partial charge in [0.05, 0.1) is 21.5 Å². The fourth-order valence-corrected chi connectivity index (χ4v) is 3.27. The third-order valence-electron chi connectivity index (χ3n) is 3.00. The lowest BCUT2D eigenvalue weighted by molar-refractivity contribution is -0.113. The molecule has 0 radical (unpaired) electrons. The number of carbonyl (C=O) groups excluding carboxylic acids is 1. The van der Waals surface area contributed by atoms with E-state index in [2.05, 4.69) is 20.5 Å². The van der Waals surface area contributed by atoms with E-state index in [0.29, 0.717) is 15.2 Å². The summed E-state index contributed by atoms with van der Waals surface area (Å²) in [5.41, 5.74) is 0.808. The van der Waals surface area contributed by atoms with E-state index in [-0.39, 0.29) is 22.5 Å². The molecule has 3 aromatic rings. The molecule has 1 N–H and O–H groups in total. The third-order valence-corrected chi connectivity index (χ3v) is 4.67. The van der Waals surface area contributed by atoms with Gasteiger partial charge < -0.3 is 5.32 Å². The lowest BCUT2D eigenvalue weighted by Gasteiger charge is -2.08. The number of anilines is 1. The minimum absolute atomic E-state index is 0.111. The van der Waals surface area contributed by atoms with Crippen LogP contribution in [0, 0.1) is 0 Å². The molecule has 2 heterocycles. The first-order valence-corrected chi connectivity index (χ1v) is 9.04. The number of nitrogens with zero attached hydrogens (tertiary/aromatic N) is 4. The Labute approximate surface area is 162 Å². The average molecular weight is 415 g/mol. The number of amides is 1. The molecule has 0 saturated heterocycles. The number of pyridine rings is 1. The molecule has 3 rings (SSSR count). The molecule has 0 aliphatic heterocycles. The van der Waals surface area contributed by atoms with Crippen LogP contribution in [-0.4, -0.2) is 31.4 Å². The molecule has 0 aliphatic rings. The van der Waals surface area contributed by atoms with Crippen molar-refractivity contribution in [1.82, 2.24) is 19.7 Å². The molecule has 0 fully saturated rings. The molecular weight excluding hydrogens is 405 g/mol. The van der Waals surface area contributed by atoms with Gasteiger partial charge >= 0.3 is 0 Å². The molecule has 0 spiro atoms. The first-order chi connectivity index (χ1) is 12.0. The van der Waals surface area contributed by atoms with E-state index in [1.165, 1.54) is 24.0 Å². The minimum atomic E-state index is -0.276. The molecule has 128 valence electrons. The van der Waals surface area contributed by atoms with E-state index in [0.717, 1.165) is 5.69 Å². The summed E-state index contributed by atoms with van der Waals surface area (Å²) in [5, 5.41) is 12.4. The maximum atomic E-state index is 12.1. The second kappa shape index (κ2) is 8.05. The van der Waals surface area contributed by atoms with Crippen molar-refractivity contribution in [2.75, 3.05) is 11.1 Å². The van der Waals surface area contributed by atoms with Crippen molar-refractivity contribution in [3.8, 4) is 5.69 Å². The zero-order valence-corrected chi connectivity index (χ0v) is 15.6. The molecular formula is C15H10Cl3N5OS. The number of thioether (sulfide) groups is 1. The Kier molecular flexibility index (Phi) is 5.80. The van der Waals surface area contributed by atoms with Crippen LogP contribution >= 0.6 is 46.6 Å². The SMILES string of the molecule is O=C(CSc1nncn1-c1cccc(Cl)c1)Nc1ncc(Cl)cc1Cl. The Balaban J connectivity index is 1.66. The van der Waals surface area contributed by atoms with E-state index < -0.39 is 0 Å². The Morgan fingerprint density at radius 1 is 1.20 bits per heavy atom. The van der Waals surface area contributed by atoms with E-state index in [1.807, 2.05) is 12.1 Å². The van der Waals surface area contributed by atoms with E-state index in [4.69, 9.17) is 34.8 Å². The number of hydrogen-bond acceptors (Lipinski definition) is 5. The van der Waals surface area contributed by atoms with Crippen LogP contribution in [0.25, 0.3) is 5.69 Å². The van der Waals surface area contributed by atoms with Gasteiger partial charge in [-0.05, 0) is 24.3 Å². The van der Waals surface area contributed by atoms with Gasteiger partial charge in [0, 0.05) is 11.2 Å². The largest absolute Gasteiger partial charge is 0.309 e. The molecule has 25 heavy (non-hydrogen) atoms. The number of hydrogen-bond donors (Lipinski definition) is 1. The molecule has 0 saturated carbocycles. The topological polar surface area (TPSA) is 72.7 Å². The fraction of sp³-hybridized carbons (Fsp3) is 0.0667. The predicted molar refractivity (Wildman–Crippen MR) is 100.0 cm³/mol. The molecule has 0 bridgehead atoms. The average Bonchev–Trinajstić information content (AvgIpc) is 3.04. The van der Waals surface area contributed by atoms with Crippen LogP contribution in [-0.2, 0) is 4.79 Å². The van der Waals surface area contributed by atoms with Crippen molar-refractivity contribution in [3.63, 3.8) is 0 Å². The number of aromatic nitrogens is 4. The van der Waals surface area contributed by atoms with Crippen LogP contribution in [0.15, 0.2) is 48.0 Å².